The van der Waals surface area contributed by atoms with Crippen molar-refractivity contribution >= 4 is 6.03 Å². The molecule has 0 radical (unpaired) electrons. The molecule has 8 heavy (non-hydrogen) atoms. The van der Waals surface area contributed by atoms with Crippen molar-refractivity contribution in [2.75, 3.05) is 0 Å². The van der Waals surface area contributed by atoms with Gasteiger partial charge in [-0.1, -0.05) is 0 Å². The molecule has 1 aliphatic rings. The number of hydroxylamine groups is 1. The Labute approximate surface area is 46.8 Å². The van der Waals surface area contributed by atoms with Crippen LogP contribution in [0.25, 0.3) is 0 Å². The predicted octanol–water partition coefficient (Wildman–Crippen LogP) is -0.163. The van der Waals surface area contributed by atoms with Gasteiger partial charge in [-0.2, -0.15) is 0 Å². The maximum absolute atomic E-state index is 10.2. The third kappa shape index (κ3) is 1.38. The number of urea groups is 1. The summed E-state index contributed by atoms with van der Waals surface area (Å²) < 4.78 is 0. The van der Waals surface area contributed by atoms with Crippen molar-refractivity contribution in [3.05, 3.63) is 0 Å². The van der Waals surface area contributed by atoms with Crippen molar-refractivity contribution in [1.82, 2.24) is 10.8 Å². The lowest BCUT2D eigenvalue weighted by Gasteiger charge is -1.97. The average molecular weight is 116 g/mol. The van der Waals surface area contributed by atoms with Gasteiger partial charge in [0.15, 0.2) is 0 Å². The second-order valence-corrected chi connectivity index (χ2v) is 1.86. The van der Waals surface area contributed by atoms with Crippen LogP contribution in [0.1, 0.15) is 12.8 Å². The minimum absolute atomic E-state index is 0.308. The van der Waals surface area contributed by atoms with Crippen LogP contribution in [0.5, 0.6) is 0 Å². The van der Waals surface area contributed by atoms with Gasteiger partial charge in [0.25, 0.3) is 0 Å². The molecule has 0 bridgehead atoms. The molecule has 46 valence electrons. The van der Waals surface area contributed by atoms with Crippen LogP contribution in [-0.2, 0) is 0 Å². The first-order chi connectivity index (χ1) is 3.83. The second kappa shape index (κ2) is 2.00. The van der Waals surface area contributed by atoms with E-state index in [1.54, 1.807) is 0 Å². The van der Waals surface area contributed by atoms with Crippen molar-refractivity contribution in [3.8, 4) is 0 Å². The van der Waals surface area contributed by atoms with Gasteiger partial charge in [0, 0.05) is 6.04 Å². The summed E-state index contributed by atoms with van der Waals surface area (Å²) in [5, 5.41) is 10.5. The molecule has 1 rings (SSSR count). The van der Waals surface area contributed by atoms with E-state index in [2.05, 4.69) is 5.32 Å². The number of carbonyl (C=O) groups excluding carboxylic acids is 1. The van der Waals surface area contributed by atoms with Crippen LogP contribution in [0.15, 0.2) is 0 Å². The lowest BCUT2D eigenvalue weighted by atomic mass is 10.7. The highest BCUT2D eigenvalue weighted by Crippen LogP contribution is 2.17. The summed E-state index contributed by atoms with van der Waals surface area (Å²) in [4.78, 5) is 10.2. The highest BCUT2D eigenvalue weighted by molar-refractivity contribution is 5.73. The molecular weight excluding hydrogens is 108 g/mol. The van der Waals surface area contributed by atoms with Crippen LogP contribution in [0.3, 0.4) is 0 Å². The summed E-state index contributed by atoms with van der Waals surface area (Å²) >= 11 is 0. The fraction of sp³-hybridized carbons (Fsp3) is 0.750. The van der Waals surface area contributed by atoms with E-state index in [9.17, 15) is 4.79 Å². The van der Waals surface area contributed by atoms with Gasteiger partial charge in [-0.05, 0) is 12.8 Å². The zero-order valence-electron chi connectivity index (χ0n) is 4.35. The Morgan fingerprint density at radius 2 is 2.25 bits per heavy atom. The normalized spacial score (nSPS) is 17.6. The van der Waals surface area contributed by atoms with Crippen molar-refractivity contribution in [2.45, 2.75) is 18.9 Å². The molecule has 0 unspecified atom stereocenters. The number of hydrogen-bond acceptors (Lipinski definition) is 2. The summed E-state index contributed by atoms with van der Waals surface area (Å²) in [6, 6.07) is -0.199. The van der Waals surface area contributed by atoms with Gasteiger partial charge in [-0.15, -0.1) is 0 Å². The first kappa shape index (κ1) is 5.37. The molecule has 0 saturated heterocycles. The lowest BCUT2D eigenvalue weighted by Crippen LogP contribution is -2.34. The fourth-order valence-electron chi connectivity index (χ4n) is 0.445. The quantitative estimate of drug-likeness (QED) is 0.329. The second-order valence-electron chi connectivity index (χ2n) is 1.86. The topological polar surface area (TPSA) is 61.4 Å². The van der Waals surface area contributed by atoms with E-state index in [0.717, 1.165) is 12.8 Å². The van der Waals surface area contributed by atoms with Crippen molar-refractivity contribution in [3.63, 3.8) is 0 Å². The Morgan fingerprint density at radius 1 is 1.62 bits per heavy atom. The molecule has 0 heterocycles. The molecule has 4 heteroatoms. The largest absolute Gasteiger partial charge is 0.338 e. The molecule has 4 nitrogen and oxygen atoms in total. The number of carbonyl (C=O) groups is 1. The zero-order chi connectivity index (χ0) is 5.98. The van der Waals surface area contributed by atoms with Crippen LogP contribution in [0, 0.1) is 0 Å². The van der Waals surface area contributed by atoms with Gasteiger partial charge in [0.1, 0.15) is 0 Å². The van der Waals surface area contributed by atoms with Crippen molar-refractivity contribution < 1.29 is 10.0 Å². The molecular formula is C4H8N2O2. The SMILES string of the molecule is O=C(NO)NC1CC1. The molecule has 3 N–H and O–H groups in total. The molecule has 0 aromatic rings. The highest BCUT2D eigenvalue weighted by atomic mass is 16.5. The van der Waals surface area contributed by atoms with E-state index in [4.69, 9.17) is 5.21 Å². The average Bonchev–Trinajstić information content (AvgIpc) is 2.50. The Hall–Kier alpha value is -0.770. The Balaban J connectivity index is 2.07. The standard InChI is InChI=1S/C4H8N2O2/c7-4(6-8)5-3-1-2-3/h3,8H,1-2H2,(H2,5,6,7). The van der Waals surface area contributed by atoms with Gasteiger partial charge in [-0.3, -0.25) is 5.21 Å². The summed E-state index contributed by atoms with van der Waals surface area (Å²) in [7, 11) is 0. The summed E-state index contributed by atoms with van der Waals surface area (Å²) in [6.45, 7) is 0. The molecule has 0 aliphatic heterocycles. The first-order valence-corrected chi connectivity index (χ1v) is 2.53. The minimum Gasteiger partial charge on any atom is -0.334 e. The molecule has 0 spiro atoms. The highest BCUT2D eigenvalue weighted by Gasteiger charge is 2.22. The van der Waals surface area contributed by atoms with Crippen LogP contribution < -0.4 is 10.8 Å². The van der Waals surface area contributed by atoms with Crippen molar-refractivity contribution in [2.24, 2.45) is 0 Å². The zero-order valence-corrected chi connectivity index (χ0v) is 4.35. The number of hydrogen-bond donors (Lipinski definition) is 3. The summed E-state index contributed by atoms with van der Waals surface area (Å²) in [6.07, 6.45) is 2.07. The lowest BCUT2D eigenvalue weighted by molar-refractivity contribution is 0.161. The first-order valence-electron chi connectivity index (χ1n) is 2.53. The van der Waals surface area contributed by atoms with Crippen LogP contribution in [0.2, 0.25) is 0 Å². The molecule has 0 atom stereocenters. The molecule has 1 aliphatic carbocycles. The Morgan fingerprint density at radius 3 is 2.62 bits per heavy atom. The van der Waals surface area contributed by atoms with Gasteiger partial charge in [-0.25, -0.2) is 10.3 Å². The van der Waals surface area contributed by atoms with E-state index < -0.39 is 6.03 Å². The molecule has 1 fully saturated rings. The molecule has 0 aromatic carbocycles. The van der Waals surface area contributed by atoms with E-state index in [0.29, 0.717) is 6.04 Å². The third-order valence-corrected chi connectivity index (χ3v) is 1.01. The van der Waals surface area contributed by atoms with E-state index in [1.807, 2.05) is 0 Å². The smallest absolute Gasteiger partial charge is 0.334 e. The van der Waals surface area contributed by atoms with Crippen molar-refractivity contribution in [1.29, 1.82) is 0 Å². The van der Waals surface area contributed by atoms with E-state index in [1.165, 1.54) is 5.48 Å². The number of amides is 2. The minimum atomic E-state index is -0.507. The van der Waals surface area contributed by atoms with Gasteiger partial charge in [0.05, 0.1) is 0 Å². The molecule has 0 aromatic heterocycles. The molecule has 1 saturated carbocycles. The van der Waals surface area contributed by atoms with Crippen LogP contribution in [0.4, 0.5) is 4.79 Å². The van der Waals surface area contributed by atoms with Gasteiger partial charge in [0.2, 0.25) is 0 Å². The third-order valence-electron chi connectivity index (χ3n) is 1.01. The summed E-state index contributed by atoms with van der Waals surface area (Å²) in [5.41, 5.74) is 1.49. The maximum atomic E-state index is 10.2. The fourth-order valence-corrected chi connectivity index (χ4v) is 0.445. The van der Waals surface area contributed by atoms with Gasteiger partial charge >= 0.3 is 6.03 Å². The molecule has 2 amide bonds. The predicted molar refractivity (Wildman–Crippen MR) is 26.5 cm³/mol. The van der Waals surface area contributed by atoms with E-state index >= 15 is 0 Å². The number of rotatable bonds is 1. The summed E-state index contributed by atoms with van der Waals surface area (Å²) in [5.74, 6) is 0. The Bertz CT molecular complexity index is 100. The maximum Gasteiger partial charge on any atom is 0.338 e. The van der Waals surface area contributed by atoms with Gasteiger partial charge < -0.3 is 5.32 Å². The van der Waals surface area contributed by atoms with E-state index in [-0.39, 0.29) is 0 Å². The Kier molecular flexibility index (Phi) is 1.34. The van der Waals surface area contributed by atoms with Crippen LogP contribution in [-0.4, -0.2) is 17.3 Å². The number of nitrogens with one attached hydrogen (secondary N) is 2. The monoisotopic (exact) mass is 116 g/mol. The van der Waals surface area contributed by atoms with Crippen LogP contribution >= 0.6 is 0 Å².